The molecule has 0 unspecified atom stereocenters. The van der Waals surface area contributed by atoms with Gasteiger partial charge in [0.2, 0.25) is 5.91 Å². The summed E-state index contributed by atoms with van der Waals surface area (Å²) in [6.07, 6.45) is 5.40. The predicted molar refractivity (Wildman–Crippen MR) is 132 cm³/mol. The third-order valence-electron chi connectivity index (χ3n) is 5.63. The summed E-state index contributed by atoms with van der Waals surface area (Å²) in [4.78, 5) is 47.6. The minimum Gasteiger partial charge on any atom is -0.487 e. The molecular weight excluding hydrogens is 464 g/mol. The summed E-state index contributed by atoms with van der Waals surface area (Å²) in [5.41, 5.74) is 0.296. The number of carbonyl (C=O) groups excluding carboxylic acids is 2. The van der Waals surface area contributed by atoms with E-state index in [0.717, 1.165) is 11.1 Å². The molecule has 1 fully saturated rings. The van der Waals surface area contributed by atoms with Crippen LogP contribution in [0.25, 0.3) is 11.1 Å². The lowest BCUT2D eigenvalue weighted by Gasteiger charge is -2.35. The highest BCUT2D eigenvalue weighted by molar-refractivity contribution is 5.90. The van der Waals surface area contributed by atoms with E-state index in [2.05, 4.69) is 15.3 Å². The van der Waals surface area contributed by atoms with E-state index in [-0.39, 0.29) is 13.0 Å². The topological polar surface area (TPSA) is 131 Å². The maximum atomic E-state index is 13.6. The highest BCUT2D eigenvalue weighted by Gasteiger charge is 2.46. The van der Waals surface area contributed by atoms with Crippen molar-refractivity contribution in [2.45, 2.75) is 71.8 Å². The summed E-state index contributed by atoms with van der Waals surface area (Å²) in [6, 6.07) is 3.42. The zero-order chi connectivity index (χ0) is 26.7. The van der Waals surface area contributed by atoms with Crippen molar-refractivity contribution in [3.05, 3.63) is 43.0 Å². The molecule has 0 saturated carbocycles. The summed E-state index contributed by atoms with van der Waals surface area (Å²) in [6.45, 7) is 10.6. The molecule has 2 aromatic rings. The first-order chi connectivity index (χ1) is 16.7. The molecule has 2 N–H and O–H groups in total. The Labute approximate surface area is 211 Å². The second kappa shape index (κ2) is 10.5. The van der Waals surface area contributed by atoms with Crippen LogP contribution in [0.1, 0.15) is 48.0 Å². The molecule has 1 aliphatic heterocycles. The van der Waals surface area contributed by atoms with Crippen LogP contribution < -0.4 is 10.1 Å². The summed E-state index contributed by atoms with van der Waals surface area (Å²) in [5, 5.41) is 12.5. The Morgan fingerprint density at radius 2 is 1.72 bits per heavy atom. The molecule has 0 aromatic carbocycles. The first-order valence-electron chi connectivity index (χ1n) is 11.8. The van der Waals surface area contributed by atoms with Gasteiger partial charge in [0, 0.05) is 30.6 Å². The molecule has 0 bridgehead atoms. The SMILES string of the molecule is CC(C)(C)OC(=O)N[C@H](C(=O)N1C[C@H](Oc2cncc(-c3ccncc3)c2)C[C@H]1C(=O)O)C(C)(C)C. The van der Waals surface area contributed by atoms with E-state index in [9.17, 15) is 19.5 Å². The summed E-state index contributed by atoms with van der Waals surface area (Å²) < 4.78 is 11.4. The fourth-order valence-electron chi connectivity index (χ4n) is 3.98. The lowest BCUT2D eigenvalue weighted by Crippen LogP contribution is -2.57. The molecule has 2 amide bonds. The lowest BCUT2D eigenvalue weighted by molar-refractivity contribution is -0.150. The minimum absolute atomic E-state index is 0.0534. The van der Waals surface area contributed by atoms with Gasteiger partial charge in [-0.05, 0) is 49.9 Å². The number of carboxylic acid groups (broad SMARTS) is 1. The van der Waals surface area contributed by atoms with Crippen LogP contribution in [0.2, 0.25) is 0 Å². The molecule has 3 atom stereocenters. The van der Waals surface area contributed by atoms with Gasteiger partial charge in [-0.2, -0.15) is 0 Å². The second-order valence-electron chi connectivity index (χ2n) is 10.9. The Bertz CT molecular complexity index is 1090. The molecule has 0 aliphatic carbocycles. The van der Waals surface area contributed by atoms with Gasteiger partial charge in [0.1, 0.15) is 29.5 Å². The van der Waals surface area contributed by atoms with Gasteiger partial charge in [-0.3, -0.25) is 14.8 Å². The van der Waals surface area contributed by atoms with Crippen LogP contribution in [-0.4, -0.2) is 68.3 Å². The Balaban J connectivity index is 1.78. The van der Waals surface area contributed by atoms with Gasteiger partial charge in [0.15, 0.2) is 0 Å². The number of pyridine rings is 2. The van der Waals surface area contributed by atoms with Crippen LogP contribution in [-0.2, 0) is 14.3 Å². The molecule has 3 heterocycles. The highest BCUT2D eigenvalue weighted by Crippen LogP contribution is 2.29. The Hall–Kier alpha value is -3.69. The van der Waals surface area contributed by atoms with Crippen LogP contribution in [0, 0.1) is 5.41 Å². The number of nitrogens with zero attached hydrogens (tertiary/aromatic N) is 3. The van der Waals surface area contributed by atoms with Crippen molar-refractivity contribution in [3.63, 3.8) is 0 Å². The maximum absolute atomic E-state index is 13.6. The number of hydrogen-bond acceptors (Lipinski definition) is 7. The Kier molecular flexibility index (Phi) is 7.86. The van der Waals surface area contributed by atoms with Crippen LogP contribution in [0.5, 0.6) is 5.75 Å². The van der Waals surface area contributed by atoms with Gasteiger partial charge in [0.05, 0.1) is 12.7 Å². The van der Waals surface area contributed by atoms with E-state index >= 15 is 0 Å². The van der Waals surface area contributed by atoms with Gasteiger partial charge in [-0.15, -0.1) is 0 Å². The van der Waals surface area contributed by atoms with Crippen molar-refractivity contribution >= 4 is 18.0 Å². The number of aromatic nitrogens is 2. The number of ether oxygens (including phenoxy) is 2. The number of aliphatic carboxylic acids is 1. The number of carbonyl (C=O) groups is 3. The van der Waals surface area contributed by atoms with Crippen molar-refractivity contribution < 1.29 is 29.0 Å². The number of likely N-dealkylation sites (tertiary alicyclic amines) is 1. The Morgan fingerprint density at radius 1 is 1.06 bits per heavy atom. The van der Waals surface area contributed by atoms with Crippen LogP contribution in [0.15, 0.2) is 43.0 Å². The first-order valence-corrected chi connectivity index (χ1v) is 11.8. The molecule has 1 aliphatic rings. The normalized spacial score (nSPS) is 18.9. The fourth-order valence-corrected chi connectivity index (χ4v) is 3.98. The quantitative estimate of drug-likeness (QED) is 0.619. The summed E-state index contributed by atoms with van der Waals surface area (Å²) in [5.74, 6) is -1.18. The average Bonchev–Trinajstić information content (AvgIpc) is 3.20. The van der Waals surface area contributed by atoms with Gasteiger partial charge in [-0.25, -0.2) is 9.59 Å². The zero-order valence-electron chi connectivity index (χ0n) is 21.5. The van der Waals surface area contributed by atoms with Crippen molar-refractivity contribution in [1.29, 1.82) is 0 Å². The number of rotatable bonds is 6. The first kappa shape index (κ1) is 26.9. The van der Waals surface area contributed by atoms with E-state index in [1.54, 1.807) is 66.3 Å². The van der Waals surface area contributed by atoms with Gasteiger partial charge >= 0.3 is 12.1 Å². The van der Waals surface area contributed by atoms with Gasteiger partial charge in [-0.1, -0.05) is 20.8 Å². The minimum atomic E-state index is -1.14. The predicted octanol–water partition coefficient (Wildman–Crippen LogP) is 3.52. The molecular formula is C26H34N4O6. The molecule has 1 saturated heterocycles. The standard InChI is InChI=1S/C26H34N4O6/c1-25(2,3)21(29-24(34)36-26(4,5)6)22(31)30-15-19(12-20(30)23(32)33)35-18-11-17(13-28-14-18)16-7-9-27-10-8-16/h7-11,13-14,19-21H,12,15H2,1-6H3,(H,29,34)(H,32,33)/t19-,20+,21-/m1/s1. The highest BCUT2D eigenvalue weighted by atomic mass is 16.6. The van der Waals surface area contributed by atoms with Crippen molar-refractivity contribution in [2.24, 2.45) is 5.41 Å². The molecule has 194 valence electrons. The smallest absolute Gasteiger partial charge is 0.408 e. The van der Waals surface area contributed by atoms with E-state index in [1.807, 2.05) is 18.2 Å². The fraction of sp³-hybridized carbons (Fsp3) is 0.500. The molecule has 3 rings (SSSR count). The molecule has 10 heteroatoms. The number of hydrogen-bond donors (Lipinski definition) is 2. The van der Waals surface area contributed by atoms with Crippen molar-refractivity contribution in [2.75, 3.05) is 6.54 Å². The molecule has 2 aromatic heterocycles. The van der Waals surface area contributed by atoms with E-state index in [0.29, 0.717) is 5.75 Å². The van der Waals surface area contributed by atoms with Gasteiger partial charge < -0.3 is 24.8 Å². The number of nitrogens with one attached hydrogen (secondary N) is 1. The number of amides is 2. The van der Waals surface area contributed by atoms with Crippen LogP contribution in [0.3, 0.4) is 0 Å². The van der Waals surface area contributed by atoms with E-state index < -0.39 is 47.2 Å². The zero-order valence-corrected chi connectivity index (χ0v) is 21.5. The Morgan fingerprint density at radius 3 is 2.31 bits per heavy atom. The monoisotopic (exact) mass is 498 g/mol. The third kappa shape index (κ3) is 6.93. The van der Waals surface area contributed by atoms with Crippen molar-refractivity contribution in [1.82, 2.24) is 20.2 Å². The number of alkyl carbamates (subject to hydrolysis) is 1. The summed E-state index contributed by atoms with van der Waals surface area (Å²) >= 11 is 0. The lowest BCUT2D eigenvalue weighted by atomic mass is 9.85. The van der Waals surface area contributed by atoms with Gasteiger partial charge in [0.25, 0.3) is 0 Å². The maximum Gasteiger partial charge on any atom is 0.408 e. The number of carboxylic acids is 1. The third-order valence-corrected chi connectivity index (χ3v) is 5.63. The van der Waals surface area contributed by atoms with Crippen LogP contribution >= 0.6 is 0 Å². The van der Waals surface area contributed by atoms with Crippen molar-refractivity contribution in [3.8, 4) is 16.9 Å². The summed E-state index contributed by atoms with van der Waals surface area (Å²) in [7, 11) is 0. The van der Waals surface area contributed by atoms with Crippen LogP contribution in [0.4, 0.5) is 4.79 Å². The molecule has 0 radical (unpaired) electrons. The molecule has 0 spiro atoms. The molecule has 36 heavy (non-hydrogen) atoms. The van der Waals surface area contributed by atoms with E-state index in [1.165, 1.54) is 4.90 Å². The van der Waals surface area contributed by atoms with E-state index in [4.69, 9.17) is 9.47 Å². The largest absolute Gasteiger partial charge is 0.487 e. The average molecular weight is 499 g/mol. The second-order valence-corrected chi connectivity index (χ2v) is 10.9. The molecule has 10 nitrogen and oxygen atoms in total.